The largest absolute Gasteiger partial charge is 0.472 e. The molecule has 1 amide bonds. The Balaban J connectivity index is 1.73. The van der Waals surface area contributed by atoms with Crippen molar-refractivity contribution in [2.45, 2.75) is 103 Å². The molecule has 0 aromatic heterocycles. The molecular weight excluding hydrogens is 675 g/mol. The fourth-order valence-corrected chi connectivity index (χ4v) is 5.78. The SMILES string of the molecule is COCO[C@H](/C=C/CCCCCCCCCCc1ccc(C(=O)c2ccccc2)cc1)[C@H](COP(=O)(O)OCCN=[N+]=[N-])NC(=O)OC(C)(C)C. The van der Waals surface area contributed by atoms with E-state index in [0.717, 1.165) is 38.5 Å². The number of ketones is 1. The summed E-state index contributed by atoms with van der Waals surface area (Å²) in [6.07, 6.45) is 13.0. The number of phosphoric acid groups is 1. The van der Waals surface area contributed by atoms with Crippen LogP contribution in [0.3, 0.4) is 0 Å². The summed E-state index contributed by atoms with van der Waals surface area (Å²) in [6.45, 7) is 4.16. The fourth-order valence-electron chi connectivity index (χ4n) is 5.04. The molecule has 51 heavy (non-hydrogen) atoms. The molecule has 0 heterocycles. The summed E-state index contributed by atoms with van der Waals surface area (Å²) in [5.74, 6) is 0.0477. The van der Waals surface area contributed by atoms with E-state index in [1.807, 2.05) is 48.5 Å². The molecule has 0 aliphatic rings. The van der Waals surface area contributed by atoms with Gasteiger partial charge in [0.2, 0.25) is 0 Å². The maximum Gasteiger partial charge on any atom is 0.472 e. The average molecular weight is 731 g/mol. The van der Waals surface area contributed by atoms with Gasteiger partial charge in [0.25, 0.3) is 0 Å². The molecule has 0 saturated heterocycles. The molecule has 0 aliphatic heterocycles. The Hall–Kier alpha value is -3.54. The van der Waals surface area contributed by atoms with Crippen LogP contribution in [0.15, 0.2) is 71.9 Å². The smallest absolute Gasteiger partial charge is 0.444 e. The normalized spacial score (nSPS) is 14.0. The van der Waals surface area contributed by atoms with Crippen molar-refractivity contribution in [1.82, 2.24) is 5.32 Å². The number of phosphoric ester groups is 1. The molecule has 0 radical (unpaired) electrons. The summed E-state index contributed by atoms with van der Waals surface area (Å²) < 4.78 is 38.5. The van der Waals surface area contributed by atoms with E-state index in [2.05, 4.69) is 27.5 Å². The van der Waals surface area contributed by atoms with Crippen molar-refractivity contribution in [2.24, 2.45) is 5.11 Å². The maximum absolute atomic E-state index is 12.6. The molecule has 14 heteroatoms. The van der Waals surface area contributed by atoms with Gasteiger partial charge >= 0.3 is 13.9 Å². The van der Waals surface area contributed by atoms with Crippen molar-refractivity contribution >= 4 is 19.7 Å². The number of hydrogen-bond acceptors (Lipinski definition) is 9. The van der Waals surface area contributed by atoms with Crippen molar-refractivity contribution in [1.29, 1.82) is 0 Å². The number of nitrogens with one attached hydrogen (secondary N) is 1. The number of carbonyl (C=O) groups is 2. The lowest BCUT2D eigenvalue weighted by Gasteiger charge is -2.28. The highest BCUT2D eigenvalue weighted by Crippen LogP contribution is 2.43. The Kier molecular flexibility index (Phi) is 21.1. The van der Waals surface area contributed by atoms with E-state index in [9.17, 15) is 19.0 Å². The third-order valence-electron chi connectivity index (χ3n) is 7.57. The van der Waals surface area contributed by atoms with Crippen molar-refractivity contribution in [3.63, 3.8) is 0 Å². The molecule has 0 fully saturated rings. The number of aryl methyl sites for hydroxylation is 1. The van der Waals surface area contributed by atoms with E-state index in [-0.39, 0.29) is 25.7 Å². The first kappa shape index (κ1) is 43.6. The predicted molar refractivity (Wildman–Crippen MR) is 196 cm³/mol. The maximum atomic E-state index is 12.6. The third-order valence-corrected chi connectivity index (χ3v) is 8.55. The number of benzene rings is 2. The Bertz CT molecular complexity index is 1410. The van der Waals surface area contributed by atoms with E-state index >= 15 is 0 Å². The summed E-state index contributed by atoms with van der Waals surface area (Å²) >= 11 is 0. The van der Waals surface area contributed by atoms with Gasteiger partial charge in [-0.1, -0.05) is 110 Å². The lowest BCUT2D eigenvalue weighted by atomic mass is 9.99. The Labute approximate surface area is 302 Å². The first-order valence-corrected chi connectivity index (χ1v) is 19.0. The van der Waals surface area contributed by atoms with Gasteiger partial charge in [-0.25, -0.2) is 9.36 Å². The van der Waals surface area contributed by atoms with Gasteiger partial charge in [0.15, 0.2) is 5.78 Å². The number of ether oxygens (including phenoxy) is 3. The lowest BCUT2D eigenvalue weighted by Crippen LogP contribution is -2.48. The highest BCUT2D eigenvalue weighted by Gasteiger charge is 2.30. The van der Waals surface area contributed by atoms with E-state index in [1.54, 1.807) is 26.8 Å². The standard InChI is InChI=1S/C37H55N4O9P/c1-37(2,3)50-36(43)40-33(28-49-51(44,45)48-27-26-39-41-38)34(47-29-46-4)21-17-12-10-8-6-5-7-9-11-14-18-30-22-24-32(25-23-30)35(42)31-19-15-13-16-20-31/h13,15-17,19-25,33-34H,5-12,14,18,26-29H2,1-4H3,(H,40,43)(H,44,45)/b21-17+/t33-,34+/m0/s1. The van der Waals surface area contributed by atoms with Crippen molar-refractivity contribution < 1.29 is 42.3 Å². The zero-order valence-corrected chi connectivity index (χ0v) is 31.3. The van der Waals surface area contributed by atoms with Crippen LogP contribution < -0.4 is 5.32 Å². The molecule has 2 aromatic carbocycles. The molecule has 2 N–H and O–H groups in total. The van der Waals surface area contributed by atoms with Gasteiger partial charge in [-0.3, -0.25) is 13.8 Å². The van der Waals surface area contributed by atoms with Crippen LogP contribution in [0.1, 0.15) is 100 Å². The number of hydrogen-bond donors (Lipinski definition) is 2. The molecule has 0 spiro atoms. The summed E-state index contributed by atoms with van der Waals surface area (Å²) in [6, 6.07) is 16.4. The number of nitrogens with zero attached hydrogens (tertiary/aromatic N) is 3. The first-order chi connectivity index (χ1) is 24.4. The second-order valence-corrected chi connectivity index (χ2v) is 14.5. The van der Waals surface area contributed by atoms with E-state index in [0.29, 0.717) is 11.1 Å². The molecular formula is C37H55N4O9P. The van der Waals surface area contributed by atoms with Gasteiger partial charge in [0.05, 0.1) is 19.3 Å². The highest BCUT2D eigenvalue weighted by atomic mass is 31.2. The van der Waals surface area contributed by atoms with Crippen LogP contribution in [-0.2, 0) is 34.2 Å². The van der Waals surface area contributed by atoms with Crippen LogP contribution >= 0.6 is 7.82 Å². The lowest BCUT2D eigenvalue weighted by molar-refractivity contribution is -0.0712. The van der Waals surface area contributed by atoms with Crippen LogP contribution in [0.25, 0.3) is 10.4 Å². The van der Waals surface area contributed by atoms with Gasteiger partial charge in [-0.2, -0.15) is 0 Å². The Morgan fingerprint density at radius 1 is 0.941 bits per heavy atom. The van der Waals surface area contributed by atoms with Gasteiger partial charge in [0, 0.05) is 29.7 Å². The number of azide groups is 1. The second kappa shape index (κ2) is 24.6. The zero-order chi connectivity index (χ0) is 37.4. The van der Waals surface area contributed by atoms with Gasteiger partial charge in [0.1, 0.15) is 18.5 Å². The number of carbonyl (C=O) groups excluding carboxylic acids is 2. The number of unbranched alkanes of at least 4 members (excludes halogenated alkanes) is 8. The quantitative estimate of drug-likeness (QED) is 0.0140. The fraction of sp³-hybridized carbons (Fsp3) is 0.568. The molecule has 0 saturated carbocycles. The van der Waals surface area contributed by atoms with Gasteiger partial charge < -0.3 is 24.4 Å². The van der Waals surface area contributed by atoms with Crippen molar-refractivity contribution in [3.8, 4) is 0 Å². The minimum atomic E-state index is -4.52. The van der Waals surface area contributed by atoms with Crippen LogP contribution in [0.5, 0.6) is 0 Å². The number of rotatable bonds is 26. The average Bonchev–Trinajstić information content (AvgIpc) is 3.10. The van der Waals surface area contributed by atoms with Crippen LogP contribution in [0, 0.1) is 0 Å². The number of allylic oxidation sites excluding steroid dienone is 1. The van der Waals surface area contributed by atoms with Crippen molar-refractivity contribution in [2.75, 3.05) is 33.7 Å². The topological polar surface area (TPSA) is 178 Å². The molecule has 2 aromatic rings. The van der Waals surface area contributed by atoms with E-state index in [4.69, 9.17) is 28.8 Å². The Morgan fingerprint density at radius 2 is 1.57 bits per heavy atom. The molecule has 1 unspecified atom stereocenters. The predicted octanol–water partition coefficient (Wildman–Crippen LogP) is 8.85. The Morgan fingerprint density at radius 3 is 2.20 bits per heavy atom. The first-order valence-electron chi connectivity index (χ1n) is 17.5. The van der Waals surface area contributed by atoms with Gasteiger partial charge in [-0.15, -0.1) is 0 Å². The summed E-state index contributed by atoms with van der Waals surface area (Å²) in [4.78, 5) is 37.8. The van der Waals surface area contributed by atoms with Crippen LogP contribution in [0.2, 0.25) is 0 Å². The van der Waals surface area contributed by atoms with Crippen molar-refractivity contribution in [3.05, 3.63) is 93.9 Å². The number of methoxy groups -OCH3 is 1. The molecule has 13 nitrogen and oxygen atoms in total. The van der Waals surface area contributed by atoms with Crippen LogP contribution in [-0.4, -0.2) is 68.2 Å². The minimum absolute atomic E-state index is 0.0477. The van der Waals surface area contributed by atoms with E-state index < -0.39 is 38.3 Å². The number of alkyl carbamates (subject to hydrolysis) is 1. The molecule has 282 valence electrons. The monoisotopic (exact) mass is 730 g/mol. The van der Waals surface area contributed by atoms with Gasteiger partial charge in [-0.05, 0) is 57.5 Å². The molecule has 0 bridgehead atoms. The summed E-state index contributed by atoms with van der Waals surface area (Å²) in [7, 11) is -3.06. The van der Waals surface area contributed by atoms with Crippen LogP contribution in [0.4, 0.5) is 4.79 Å². The third kappa shape index (κ3) is 20.2. The molecule has 2 rings (SSSR count). The summed E-state index contributed by atoms with van der Waals surface area (Å²) in [5, 5.41) is 5.91. The van der Waals surface area contributed by atoms with E-state index in [1.165, 1.54) is 38.4 Å². The molecule has 0 aliphatic carbocycles. The highest BCUT2D eigenvalue weighted by molar-refractivity contribution is 7.47. The minimum Gasteiger partial charge on any atom is -0.444 e. The molecule has 3 atom stereocenters. The summed E-state index contributed by atoms with van der Waals surface area (Å²) in [5.41, 5.74) is 10.3. The second-order valence-electron chi connectivity index (χ2n) is 13.0. The number of amides is 1. The zero-order valence-electron chi connectivity index (χ0n) is 30.4.